The molecule has 2 aromatic heterocycles. The van der Waals surface area contributed by atoms with Crippen molar-refractivity contribution in [2.24, 2.45) is 0 Å². The first-order valence-corrected chi connectivity index (χ1v) is 6.48. The van der Waals surface area contributed by atoms with Gasteiger partial charge in [0.05, 0.1) is 19.5 Å². The van der Waals surface area contributed by atoms with Crippen LogP contribution in [-0.4, -0.2) is 38.7 Å². The zero-order chi connectivity index (χ0) is 14.7. The zero-order valence-corrected chi connectivity index (χ0v) is 11.4. The van der Waals surface area contributed by atoms with Gasteiger partial charge in [0.2, 0.25) is 0 Å². The fraction of sp³-hybridized carbons (Fsp3) is 0.214. The SMILES string of the molecule is COc1ccccc1[C@H](O)CNc1ncnc2nc[nH]c12. The van der Waals surface area contributed by atoms with E-state index in [0.717, 1.165) is 5.56 Å². The Morgan fingerprint density at radius 1 is 1.29 bits per heavy atom. The predicted molar refractivity (Wildman–Crippen MR) is 78.1 cm³/mol. The van der Waals surface area contributed by atoms with Crippen molar-refractivity contribution in [2.75, 3.05) is 19.0 Å². The van der Waals surface area contributed by atoms with Crippen molar-refractivity contribution in [1.82, 2.24) is 19.9 Å². The van der Waals surface area contributed by atoms with E-state index in [2.05, 4.69) is 25.3 Å². The zero-order valence-electron chi connectivity index (χ0n) is 11.4. The van der Waals surface area contributed by atoms with Gasteiger partial charge in [0.15, 0.2) is 11.5 Å². The number of aromatic nitrogens is 4. The van der Waals surface area contributed by atoms with Gasteiger partial charge in [-0.15, -0.1) is 0 Å². The van der Waals surface area contributed by atoms with E-state index >= 15 is 0 Å². The number of anilines is 1. The van der Waals surface area contributed by atoms with Crippen molar-refractivity contribution >= 4 is 17.0 Å². The molecule has 0 bridgehead atoms. The van der Waals surface area contributed by atoms with Crippen LogP contribution in [-0.2, 0) is 0 Å². The predicted octanol–water partition coefficient (Wildman–Crippen LogP) is 1.51. The Kier molecular flexibility index (Phi) is 3.65. The lowest BCUT2D eigenvalue weighted by atomic mass is 10.1. The summed E-state index contributed by atoms with van der Waals surface area (Å²) >= 11 is 0. The van der Waals surface area contributed by atoms with Gasteiger partial charge in [-0.25, -0.2) is 15.0 Å². The topological polar surface area (TPSA) is 96.0 Å². The molecular weight excluding hydrogens is 270 g/mol. The van der Waals surface area contributed by atoms with Crippen molar-refractivity contribution in [3.8, 4) is 5.75 Å². The number of ether oxygens (including phenoxy) is 1. The highest BCUT2D eigenvalue weighted by Crippen LogP contribution is 2.25. The molecule has 0 fully saturated rings. The smallest absolute Gasteiger partial charge is 0.182 e. The first kappa shape index (κ1) is 13.3. The summed E-state index contributed by atoms with van der Waals surface area (Å²) in [5.41, 5.74) is 2.02. The molecule has 2 heterocycles. The molecule has 0 saturated heterocycles. The summed E-state index contributed by atoms with van der Waals surface area (Å²) in [6.45, 7) is 0.297. The van der Waals surface area contributed by atoms with E-state index in [1.807, 2.05) is 24.3 Å². The molecule has 3 aromatic rings. The lowest BCUT2D eigenvalue weighted by molar-refractivity contribution is 0.187. The fourth-order valence-electron chi connectivity index (χ4n) is 2.14. The van der Waals surface area contributed by atoms with Crippen molar-refractivity contribution in [2.45, 2.75) is 6.10 Å². The van der Waals surface area contributed by atoms with E-state index in [-0.39, 0.29) is 0 Å². The number of aromatic amines is 1. The van der Waals surface area contributed by atoms with Crippen LogP contribution >= 0.6 is 0 Å². The number of nitrogens with zero attached hydrogens (tertiary/aromatic N) is 3. The third-order valence-electron chi connectivity index (χ3n) is 3.18. The molecule has 0 aliphatic heterocycles. The van der Waals surface area contributed by atoms with Gasteiger partial charge >= 0.3 is 0 Å². The van der Waals surface area contributed by atoms with Gasteiger partial charge < -0.3 is 20.1 Å². The van der Waals surface area contributed by atoms with E-state index in [1.165, 1.54) is 6.33 Å². The van der Waals surface area contributed by atoms with Gasteiger partial charge in [-0.1, -0.05) is 18.2 Å². The highest BCUT2D eigenvalue weighted by molar-refractivity contribution is 5.81. The lowest BCUT2D eigenvalue weighted by Gasteiger charge is -2.15. The van der Waals surface area contributed by atoms with E-state index in [9.17, 15) is 5.11 Å². The Morgan fingerprint density at radius 2 is 2.14 bits per heavy atom. The average molecular weight is 285 g/mol. The molecule has 21 heavy (non-hydrogen) atoms. The van der Waals surface area contributed by atoms with E-state index in [1.54, 1.807) is 13.4 Å². The van der Waals surface area contributed by atoms with Crippen LogP contribution in [0.4, 0.5) is 5.82 Å². The van der Waals surface area contributed by atoms with Crippen molar-refractivity contribution in [3.05, 3.63) is 42.5 Å². The third kappa shape index (κ3) is 2.63. The molecule has 7 heteroatoms. The second kappa shape index (κ2) is 5.76. The fourth-order valence-corrected chi connectivity index (χ4v) is 2.14. The number of rotatable bonds is 5. The molecule has 3 N–H and O–H groups in total. The number of benzene rings is 1. The maximum atomic E-state index is 10.3. The van der Waals surface area contributed by atoms with Crippen molar-refractivity contribution in [1.29, 1.82) is 0 Å². The summed E-state index contributed by atoms with van der Waals surface area (Å²) in [6, 6.07) is 7.37. The van der Waals surface area contributed by atoms with Crippen LogP contribution < -0.4 is 10.1 Å². The summed E-state index contributed by atoms with van der Waals surface area (Å²) in [7, 11) is 1.58. The van der Waals surface area contributed by atoms with Crippen molar-refractivity contribution < 1.29 is 9.84 Å². The molecular formula is C14H15N5O2. The van der Waals surface area contributed by atoms with E-state index < -0.39 is 6.10 Å². The maximum Gasteiger partial charge on any atom is 0.182 e. The second-order valence-corrected chi connectivity index (χ2v) is 4.46. The molecule has 0 amide bonds. The highest BCUT2D eigenvalue weighted by Gasteiger charge is 2.14. The lowest BCUT2D eigenvalue weighted by Crippen LogP contribution is -2.14. The first-order chi connectivity index (χ1) is 10.3. The number of aliphatic hydroxyl groups excluding tert-OH is 1. The Balaban J connectivity index is 1.77. The van der Waals surface area contributed by atoms with Gasteiger partial charge in [-0.3, -0.25) is 0 Å². The Morgan fingerprint density at radius 3 is 3.00 bits per heavy atom. The Labute approximate surface area is 121 Å². The molecule has 3 rings (SSSR count). The Hall–Kier alpha value is -2.67. The monoisotopic (exact) mass is 285 g/mol. The molecule has 7 nitrogen and oxygen atoms in total. The van der Waals surface area contributed by atoms with Crippen LogP contribution in [0.2, 0.25) is 0 Å². The number of methoxy groups -OCH3 is 1. The molecule has 108 valence electrons. The molecule has 0 unspecified atom stereocenters. The molecule has 0 aliphatic carbocycles. The number of hydrogen-bond donors (Lipinski definition) is 3. The third-order valence-corrected chi connectivity index (χ3v) is 3.18. The van der Waals surface area contributed by atoms with Gasteiger partial charge in [-0.2, -0.15) is 0 Å². The number of hydrogen-bond acceptors (Lipinski definition) is 6. The normalized spacial score (nSPS) is 12.3. The molecule has 0 aliphatic rings. The van der Waals surface area contributed by atoms with Crippen molar-refractivity contribution in [3.63, 3.8) is 0 Å². The summed E-state index contributed by atoms with van der Waals surface area (Å²) in [5.74, 6) is 1.26. The maximum absolute atomic E-state index is 10.3. The van der Waals surface area contributed by atoms with Crippen LogP contribution in [0, 0.1) is 0 Å². The average Bonchev–Trinajstić information content (AvgIpc) is 3.01. The number of fused-ring (bicyclic) bond motifs is 1. The second-order valence-electron chi connectivity index (χ2n) is 4.46. The quantitative estimate of drug-likeness (QED) is 0.657. The summed E-state index contributed by atoms with van der Waals surface area (Å²) < 4.78 is 5.25. The van der Waals surface area contributed by atoms with Gasteiger partial charge in [0.1, 0.15) is 17.6 Å². The van der Waals surface area contributed by atoms with Crippen LogP contribution in [0.15, 0.2) is 36.9 Å². The summed E-state index contributed by atoms with van der Waals surface area (Å²) in [6.07, 6.45) is 2.27. The number of nitrogens with one attached hydrogen (secondary N) is 2. The molecule has 0 saturated carbocycles. The number of imidazole rings is 1. The van der Waals surface area contributed by atoms with Crippen LogP contribution in [0.3, 0.4) is 0 Å². The van der Waals surface area contributed by atoms with Crippen LogP contribution in [0.5, 0.6) is 5.75 Å². The molecule has 0 spiro atoms. The largest absolute Gasteiger partial charge is 0.496 e. The van der Waals surface area contributed by atoms with E-state index in [0.29, 0.717) is 29.3 Å². The molecule has 1 atom stereocenters. The minimum absolute atomic E-state index is 0.297. The van der Waals surface area contributed by atoms with Crippen LogP contribution in [0.1, 0.15) is 11.7 Å². The number of para-hydroxylation sites is 1. The highest BCUT2D eigenvalue weighted by atomic mass is 16.5. The first-order valence-electron chi connectivity index (χ1n) is 6.48. The van der Waals surface area contributed by atoms with E-state index in [4.69, 9.17) is 4.74 Å². The molecule has 1 aromatic carbocycles. The number of aliphatic hydroxyl groups is 1. The number of H-pyrrole nitrogens is 1. The molecule has 0 radical (unpaired) electrons. The van der Waals surface area contributed by atoms with Crippen LogP contribution in [0.25, 0.3) is 11.2 Å². The minimum Gasteiger partial charge on any atom is -0.496 e. The summed E-state index contributed by atoms with van der Waals surface area (Å²) in [5, 5.41) is 13.4. The van der Waals surface area contributed by atoms with Gasteiger partial charge in [-0.05, 0) is 6.07 Å². The van der Waals surface area contributed by atoms with Gasteiger partial charge in [0, 0.05) is 12.1 Å². The standard InChI is InChI=1S/C14H15N5O2/c1-21-11-5-3-2-4-9(11)10(20)6-15-13-12-14(17-7-16-12)19-8-18-13/h2-5,7-8,10,20H,6H2,1H3,(H2,15,16,17,18,19)/t10-/m1/s1. The summed E-state index contributed by atoms with van der Waals surface area (Å²) in [4.78, 5) is 15.2. The van der Waals surface area contributed by atoms with Gasteiger partial charge in [0.25, 0.3) is 0 Å². The Bertz CT molecular complexity index is 743. The minimum atomic E-state index is -0.714.